The summed E-state index contributed by atoms with van der Waals surface area (Å²) < 4.78 is 14.1. The highest BCUT2D eigenvalue weighted by Crippen LogP contribution is 2.54. The second-order valence-corrected chi connectivity index (χ2v) is 14.6. The van der Waals surface area contributed by atoms with Gasteiger partial charge in [0.1, 0.15) is 5.82 Å². The van der Waals surface area contributed by atoms with E-state index in [-0.39, 0.29) is 5.82 Å². The van der Waals surface area contributed by atoms with Crippen molar-refractivity contribution < 1.29 is 4.39 Å². The summed E-state index contributed by atoms with van der Waals surface area (Å²) in [4.78, 5) is 0. The number of hydrogen-bond acceptors (Lipinski definition) is 0. The molecular formula is C57H43F. The average molecular weight is 747 g/mol. The topological polar surface area (TPSA) is 0 Å². The molecule has 0 saturated heterocycles. The molecule has 0 aliphatic heterocycles. The summed E-state index contributed by atoms with van der Waals surface area (Å²) in [7, 11) is 0. The van der Waals surface area contributed by atoms with Crippen LogP contribution in [-0.4, -0.2) is 0 Å². The third-order valence-corrected chi connectivity index (χ3v) is 11.2. The minimum absolute atomic E-state index is 0.239. The molecule has 0 saturated carbocycles. The van der Waals surface area contributed by atoms with Gasteiger partial charge < -0.3 is 0 Å². The van der Waals surface area contributed by atoms with Crippen LogP contribution >= 0.6 is 0 Å². The first-order valence-corrected chi connectivity index (χ1v) is 20.2. The van der Waals surface area contributed by atoms with Crippen molar-refractivity contribution in [2.24, 2.45) is 0 Å². The quantitative estimate of drug-likeness (QED) is 0.149. The van der Waals surface area contributed by atoms with Crippen LogP contribution in [0.15, 0.2) is 206 Å². The third kappa shape index (κ3) is 6.55. The highest BCUT2D eigenvalue weighted by Gasteiger charge is 2.26. The number of rotatable bonds is 6. The standard InChI is InChI=1S/C55H37F.C2H6/c1-36-26-28-37(29-27-36)41-18-12-20-43(34-41)52-48-24-10-11-25-49(48)53(44-21-13-19-42(35-44)38-30-32-45(56)33-31-38)55-51(40-16-6-3-7-17-40)47-23-9-8-22-46(47)50(54(52)55)39-14-4-2-5-15-39;1-2/h2-35H,1H3;1-2H3. The van der Waals surface area contributed by atoms with Crippen LogP contribution in [-0.2, 0) is 0 Å². The molecule has 0 nitrogen and oxygen atoms in total. The second kappa shape index (κ2) is 15.8. The molecule has 0 aliphatic carbocycles. The molecule has 0 atom stereocenters. The molecule has 0 heterocycles. The van der Waals surface area contributed by atoms with E-state index in [2.05, 4.69) is 189 Å². The molecule has 0 fully saturated rings. The fourth-order valence-electron chi connectivity index (χ4n) is 8.63. The van der Waals surface area contributed by atoms with E-state index in [0.29, 0.717) is 0 Å². The number of halogens is 1. The fourth-order valence-corrected chi connectivity index (χ4v) is 8.63. The first kappa shape index (κ1) is 36.5. The van der Waals surface area contributed by atoms with E-state index in [9.17, 15) is 4.39 Å². The summed E-state index contributed by atoms with van der Waals surface area (Å²) in [6.07, 6.45) is 0. The first-order chi connectivity index (χ1) is 28.6. The van der Waals surface area contributed by atoms with Crippen molar-refractivity contribution in [3.8, 4) is 66.8 Å². The van der Waals surface area contributed by atoms with Gasteiger partial charge in [-0.1, -0.05) is 201 Å². The maximum atomic E-state index is 14.1. The molecule has 0 aromatic heterocycles. The number of aryl methyl sites for hydroxylation is 1. The van der Waals surface area contributed by atoms with Crippen molar-refractivity contribution in [2.45, 2.75) is 20.8 Å². The maximum Gasteiger partial charge on any atom is 0.123 e. The van der Waals surface area contributed by atoms with E-state index < -0.39 is 0 Å². The van der Waals surface area contributed by atoms with Gasteiger partial charge in [0.2, 0.25) is 0 Å². The SMILES string of the molecule is CC.Cc1ccc(-c2cccc(-c3c4ccccc4c(-c4cccc(-c5ccc(F)cc5)c4)c4c(-c5ccccc5)c5ccccc5c(-c5ccccc5)c34)c2)cc1. The van der Waals surface area contributed by atoms with E-state index in [4.69, 9.17) is 0 Å². The predicted octanol–water partition coefficient (Wildman–Crippen LogP) is 16.6. The smallest absolute Gasteiger partial charge is 0.123 e. The Balaban J connectivity index is 0.00000215. The minimum Gasteiger partial charge on any atom is -0.207 e. The van der Waals surface area contributed by atoms with Crippen molar-refractivity contribution in [3.63, 3.8) is 0 Å². The molecule has 0 amide bonds. The van der Waals surface area contributed by atoms with E-state index in [1.165, 1.54) is 100 Å². The molecular weight excluding hydrogens is 704 g/mol. The zero-order valence-corrected chi connectivity index (χ0v) is 33.0. The van der Waals surface area contributed by atoms with Crippen molar-refractivity contribution in [2.75, 3.05) is 0 Å². The second-order valence-electron chi connectivity index (χ2n) is 14.6. The van der Waals surface area contributed by atoms with Crippen LogP contribution in [0.1, 0.15) is 19.4 Å². The lowest BCUT2D eigenvalue weighted by Gasteiger charge is -2.25. The lowest BCUT2D eigenvalue weighted by Crippen LogP contribution is -1.98. The predicted molar refractivity (Wildman–Crippen MR) is 248 cm³/mol. The number of hydrogen-bond donors (Lipinski definition) is 0. The molecule has 0 bridgehead atoms. The zero-order chi connectivity index (χ0) is 39.6. The van der Waals surface area contributed by atoms with Gasteiger partial charge in [-0.15, -0.1) is 0 Å². The van der Waals surface area contributed by atoms with Gasteiger partial charge in [-0.05, 0) is 130 Å². The molecule has 1 heteroatoms. The Bertz CT molecular complexity index is 2840. The van der Waals surface area contributed by atoms with Gasteiger partial charge in [-0.3, -0.25) is 0 Å². The van der Waals surface area contributed by atoms with Crippen molar-refractivity contribution in [1.29, 1.82) is 0 Å². The van der Waals surface area contributed by atoms with Crippen LogP contribution in [0.3, 0.4) is 0 Å². The molecule has 10 aromatic carbocycles. The number of fused-ring (bicyclic) bond motifs is 3. The molecule has 0 aliphatic rings. The van der Waals surface area contributed by atoms with Gasteiger partial charge >= 0.3 is 0 Å². The Morgan fingerprint density at radius 2 is 0.586 bits per heavy atom. The van der Waals surface area contributed by atoms with E-state index in [1.807, 2.05) is 26.0 Å². The van der Waals surface area contributed by atoms with Gasteiger partial charge in [0.15, 0.2) is 0 Å². The molecule has 0 spiro atoms. The van der Waals surface area contributed by atoms with Gasteiger partial charge in [-0.25, -0.2) is 4.39 Å². The molecule has 0 radical (unpaired) electrons. The summed E-state index contributed by atoms with van der Waals surface area (Å²) >= 11 is 0. The summed E-state index contributed by atoms with van der Waals surface area (Å²) in [5, 5.41) is 7.21. The Morgan fingerprint density at radius 3 is 0.983 bits per heavy atom. The minimum atomic E-state index is -0.239. The van der Waals surface area contributed by atoms with Gasteiger partial charge in [-0.2, -0.15) is 0 Å². The normalized spacial score (nSPS) is 11.1. The van der Waals surface area contributed by atoms with Crippen LogP contribution in [0.2, 0.25) is 0 Å². The van der Waals surface area contributed by atoms with Crippen LogP contribution in [0.4, 0.5) is 4.39 Å². The molecule has 58 heavy (non-hydrogen) atoms. The van der Waals surface area contributed by atoms with E-state index >= 15 is 0 Å². The van der Waals surface area contributed by atoms with Gasteiger partial charge in [0.25, 0.3) is 0 Å². The van der Waals surface area contributed by atoms with Crippen molar-refractivity contribution >= 4 is 32.3 Å². The summed E-state index contributed by atoms with van der Waals surface area (Å²) in [5.41, 5.74) is 15.1. The zero-order valence-electron chi connectivity index (χ0n) is 33.0. The average Bonchev–Trinajstić information content (AvgIpc) is 3.29. The van der Waals surface area contributed by atoms with Crippen LogP contribution in [0, 0.1) is 12.7 Å². The van der Waals surface area contributed by atoms with E-state index in [0.717, 1.165) is 16.7 Å². The van der Waals surface area contributed by atoms with E-state index in [1.54, 1.807) is 0 Å². The lowest BCUT2D eigenvalue weighted by molar-refractivity contribution is 0.628. The Labute approximate surface area is 340 Å². The summed E-state index contributed by atoms with van der Waals surface area (Å²) in [6.45, 7) is 6.13. The highest BCUT2D eigenvalue weighted by molar-refractivity contribution is 6.34. The van der Waals surface area contributed by atoms with Crippen LogP contribution in [0.25, 0.3) is 99.1 Å². The molecule has 10 rings (SSSR count). The number of benzene rings is 10. The van der Waals surface area contributed by atoms with Crippen molar-refractivity contribution in [1.82, 2.24) is 0 Å². The molecule has 278 valence electrons. The molecule has 0 unspecified atom stereocenters. The van der Waals surface area contributed by atoms with Crippen LogP contribution in [0.5, 0.6) is 0 Å². The summed E-state index contributed by atoms with van der Waals surface area (Å²) in [5.74, 6) is -0.239. The largest absolute Gasteiger partial charge is 0.207 e. The Morgan fingerprint density at radius 1 is 0.276 bits per heavy atom. The first-order valence-electron chi connectivity index (χ1n) is 20.2. The molecule has 0 N–H and O–H groups in total. The Kier molecular flexibility index (Phi) is 9.96. The fraction of sp³-hybridized carbons (Fsp3) is 0.0526. The Hall–Kier alpha value is -7.09. The maximum absolute atomic E-state index is 14.1. The summed E-state index contributed by atoms with van der Waals surface area (Å²) in [6, 6.07) is 73.0. The lowest BCUT2D eigenvalue weighted by atomic mass is 9.77. The van der Waals surface area contributed by atoms with Gasteiger partial charge in [0.05, 0.1) is 0 Å². The third-order valence-electron chi connectivity index (χ3n) is 11.2. The van der Waals surface area contributed by atoms with Gasteiger partial charge in [0, 0.05) is 0 Å². The molecule has 10 aromatic rings. The highest BCUT2D eigenvalue weighted by atomic mass is 19.1. The van der Waals surface area contributed by atoms with Crippen LogP contribution < -0.4 is 0 Å². The monoisotopic (exact) mass is 746 g/mol. The van der Waals surface area contributed by atoms with Crippen molar-refractivity contribution in [3.05, 3.63) is 218 Å².